The molecule has 148 valence electrons. The summed E-state index contributed by atoms with van der Waals surface area (Å²) < 4.78 is 43.1. The minimum Gasteiger partial charge on any atom is -0.370 e. The van der Waals surface area contributed by atoms with E-state index in [9.17, 15) is 13.2 Å². The maximum atomic E-state index is 13.1. The summed E-state index contributed by atoms with van der Waals surface area (Å²) in [4.78, 5) is 7.82. The fraction of sp³-hybridized carbons (Fsp3) is 0.412. The topological polar surface area (TPSA) is 85.5 Å². The molecule has 0 spiro atoms. The molecule has 0 amide bonds. The summed E-state index contributed by atoms with van der Waals surface area (Å²) in [5, 5.41) is 14.4. The average molecular weight is 392 g/mol. The molecule has 2 N–H and O–H groups in total. The molecule has 1 atom stereocenters. The van der Waals surface area contributed by atoms with E-state index in [-0.39, 0.29) is 17.8 Å². The summed E-state index contributed by atoms with van der Waals surface area (Å²) >= 11 is 0. The van der Waals surface area contributed by atoms with Gasteiger partial charge in [-0.25, -0.2) is 4.98 Å². The molecule has 0 saturated carbocycles. The van der Waals surface area contributed by atoms with Crippen LogP contribution in [0.25, 0.3) is 0 Å². The molecule has 1 aliphatic heterocycles. The Kier molecular flexibility index (Phi) is 4.44. The Bertz CT molecular complexity index is 991. The number of aromatic nitrogens is 6. The van der Waals surface area contributed by atoms with Crippen molar-refractivity contribution in [3.05, 3.63) is 41.6 Å². The minimum absolute atomic E-state index is 0.0718. The van der Waals surface area contributed by atoms with Gasteiger partial charge in [0.1, 0.15) is 11.4 Å². The number of anilines is 3. The Hall–Kier alpha value is -3.11. The minimum atomic E-state index is -4.53. The lowest BCUT2D eigenvalue weighted by molar-refractivity contribution is -0.137. The van der Waals surface area contributed by atoms with Gasteiger partial charge in [-0.1, -0.05) is 0 Å². The highest BCUT2D eigenvalue weighted by Crippen LogP contribution is 2.34. The Balaban J connectivity index is 1.60. The highest BCUT2D eigenvalue weighted by Gasteiger charge is 2.35. The summed E-state index contributed by atoms with van der Waals surface area (Å²) in [5.41, 5.74) is 1.52. The summed E-state index contributed by atoms with van der Waals surface area (Å²) in [6, 6.07) is 2.03. The lowest BCUT2D eigenvalue weighted by Gasteiger charge is -2.13. The van der Waals surface area contributed by atoms with Crippen LogP contribution in [0.5, 0.6) is 0 Å². The highest BCUT2D eigenvalue weighted by molar-refractivity contribution is 5.58. The standard InChI is InChI=1S/C17H19F3N8/c1-3-21-15-11(17(18,19)20)8-22-16(25-15)24-12-9-28(26-10(12)2)14-5-7-27-13(14)4-6-23-27/h4,6,8-9,14H,3,5,7H2,1-2H3,(H2,21,22,24,25). The number of nitrogens with one attached hydrogen (secondary N) is 2. The van der Waals surface area contributed by atoms with Crippen LogP contribution in [-0.2, 0) is 12.7 Å². The fourth-order valence-electron chi connectivity index (χ4n) is 3.31. The van der Waals surface area contributed by atoms with Gasteiger partial charge >= 0.3 is 6.18 Å². The molecular weight excluding hydrogens is 373 g/mol. The second-order valence-electron chi connectivity index (χ2n) is 6.50. The quantitative estimate of drug-likeness (QED) is 0.693. The molecular formula is C17H19F3N8. The second kappa shape index (κ2) is 6.80. The number of hydrogen-bond acceptors (Lipinski definition) is 6. The van der Waals surface area contributed by atoms with Crippen LogP contribution >= 0.6 is 0 Å². The first-order chi connectivity index (χ1) is 13.4. The van der Waals surface area contributed by atoms with Crippen molar-refractivity contribution >= 4 is 17.5 Å². The Morgan fingerprint density at radius 1 is 1.32 bits per heavy atom. The predicted octanol–water partition coefficient (Wildman–Crippen LogP) is 3.37. The first-order valence-electron chi connectivity index (χ1n) is 8.89. The maximum absolute atomic E-state index is 13.1. The number of hydrogen-bond donors (Lipinski definition) is 2. The highest BCUT2D eigenvalue weighted by atomic mass is 19.4. The molecule has 0 saturated heterocycles. The summed E-state index contributed by atoms with van der Waals surface area (Å²) in [6.07, 6.45) is 0.710. The van der Waals surface area contributed by atoms with Crippen molar-refractivity contribution in [2.75, 3.05) is 17.2 Å². The zero-order valence-corrected chi connectivity index (χ0v) is 15.3. The Morgan fingerprint density at radius 2 is 2.14 bits per heavy atom. The Morgan fingerprint density at radius 3 is 2.89 bits per heavy atom. The van der Waals surface area contributed by atoms with E-state index in [4.69, 9.17) is 0 Å². The third-order valence-electron chi connectivity index (χ3n) is 4.63. The number of rotatable bonds is 5. The van der Waals surface area contributed by atoms with Gasteiger partial charge in [0, 0.05) is 31.7 Å². The molecule has 0 radical (unpaired) electrons. The summed E-state index contributed by atoms with van der Waals surface area (Å²) in [7, 11) is 0. The lowest BCUT2D eigenvalue weighted by Crippen LogP contribution is -2.14. The van der Waals surface area contributed by atoms with Gasteiger partial charge in [0.15, 0.2) is 0 Å². The van der Waals surface area contributed by atoms with Crippen LogP contribution < -0.4 is 10.6 Å². The number of fused-ring (bicyclic) bond motifs is 1. The molecule has 4 heterocycles. The van der Waals surface area contributed by atoms with Gasteiger partial charge in [0.2, 0.25) is 5.95 Å². The average Bonchev–Trinajstić information content (AvgIpc) is 3.31. The third-order valence-corrected chi connectivity index (χ3v) is 4.63. The first-order valence-corrected chi connectivity index (χ1v) is 8.89. The van der Waals surface area contributed by atoms with E-state index in [1.807, 2.05) is 28.6 Å². The molecule has 0 bridgehead atoms. The third kappa shape index (κ3) is 3.27. The van der Waals surface area contributed by atoms with Crippen LogP contribution in [0.4, 0.5) is 30.6 Å². The molecule has 3 aromatic rings. The molecule has 11 heteroatoms. The smallest absolute Gasteiger partial charge is 0.370 e. The molecule has 3 aromatic heterocycles. The van der Waals surface area contributed by atoms with Crippen molar-refractivity contribution < 1.29 is 13.2 Å². The van der Waals surface area contributed by atoms with Gasteiger partial charge in [-0.15, -0.1) is 0 Å². The normalized spacial score (nSPS) is 16.2. The summed E-state index contributed by atoms with van der Waals surface area (Å²) in [5.74, 6) is -0.180. The molecule has 0 fully saturated rings. The van der Waals surface area contributed by atoms with Gasteiger partial charge in [0.05, 0.1) is 23.1 Å². The van der Waals surface area contributed by atoms with Crippen molar-refractivity contribution in [1.82, 2.24) is 29.5 Å². The van der Waals surface area contributed by atoms with Crippen LogP contribution in [0.1, 0.15) is 36.3 Å². The number of aryl methyl sites for hydroxylation is 2. The molecule has 28 heavy (non-hydrogen) atoms. The molecule has 0 aromatic carbocycles. The lowest BCUT2D eigenvalue weighted by atomic mass is 10.2. The van der Waals surface area contributed by atoms with Gasteiger partial charge < -0.3 is 10.6 Å². The molecule has 0 aliphatic carbocycles. The van der Waals surface area contributed by atoms with Crippen molar-refractivity contribution in [2.45, 2.75) is 39.0 Å². The zero-order chi connectivity index (χ0) is 19.9. The van der Waals surface area contributed by atoms with Crippen LogP contribution in [0.2, 0.25) is 0 Å². The Labute approximate surface area is 158 Å². The zero-order valence-electron chi connectivity index (χ0n) is 15.3. The van der Waals surface area contributed by atoms with Crippen LogP contribution in [-0.4, -0.2) is 36.1 Å². The second-order valence-corrected chi connectivity index (χ2v) is 6.50. The van der Waals surface area contributed by atoms with Crippen molar-refractivity contribution in [2.24, 2.45) is 0 Å². The van der Waals surface area contributed by atoms with E-state index in [0.29, 0.717) is 17.9 Å². The van der Waals surface area contributed by atoms with E-state index in [1.165, 1.54) is 0 Å². The number of halogens is 3. The van der Waals surface area contributed by atoms with E-state index in [0.717, 1.165) is 24.9 Å². The van der Waals surface area contributed by atoms with Gasteiger partial charge in [-0.05, 0) is 26.3 Å². The van der Waals surface area contributed by atoms with E-state index >= 15 is 0 Å². The fourth-order valence-corrected chi connectivity index (χ4v) is 3.31. The van der Waals surface area contributed by atoms with Crippen LogP contribution in [0, 0.1) is 6.92 Å². The van der Waals surface area contributed by atoms with Crippen molar-refractivity contribution in [1.29, 1.82) is 0 Å². The van der Waals surface area contributed by atoms with E-state index in [2.05, 4.69) is 30.8 Å². The van der Waals surface area contributed by atoms with Crippen molar-refractivity contribution in [3.8, 4) is 0 Å². The number of alkyl halides is 3. The predicted molar refractivity (Wildman–Crippen MR) is 96.4 cm³/mol. The van der Waals surface area contributed by atoms with Gasteiger partial charge in [0.25, 0.3) is 0 Å². The molecule has 8 nitrogen and oxygen atoms in total. The molecule has 1 aliphatic rings. The van der Waals surface area contributed by atoms with Crippen molar-refractivity contribution in [3.63, 3.8) is 0 Å². The van der Waals surface area contributed by atoms with Gasteiger partial charge in [-0.2, -0.15) is 28.4 Å². The first kappa shape index (κ1) is 18.3. The number of nitrogens with zero attached hydrogens (tertiary/aromatic N) is 6. The van der Waals surface area contributed by atoms with Crippen LogP contribution in [0.3, 0.4) is 0 Å². The van der Waals surface area contributed by atoms with Gasteiger partial charge in [-0.3, -0.25) is 9.36 Å². The molecule has 1 unspecified atom stereocenters. The largest absolute Gasteiger partial charge is 0.421 e. The summed E-state index contributed by atoms with van der Waals surface area (Å²) in [6.45, 7) is 4.66. The molecule has 4 rings (SSSR count). The maximum Gasteiger partial charge on any atom is 0.421 e. The SMILES string of the molecule is CCNc1nc(Nc2cn(C3CCn4nccc43)nc2C)ncc1C(F)(F)F. The van der Waals surface area contributed by atoms with Crippen LogP contribution in [0.15, 0.2) is 24.7 Å². The monoisotopic (exact) mass is 392 g/mol. The van der Waals surface area contributed by atoms with E-state index < -0.39 is 11.7 Å². The van der Waals surface area contributed by atoms with E-state index in [1.54, 1.807) is 13.1 Å².